The largest absolute Gasteiger partial charge is 0.458 e. The third-order valence-corrected chi connectivity index (χ3v) is 6.64. The van der Waals surface area contributed by atoms with Crippen molar-refractivity contribution in [1.29, 1.82) is 0 Å². The second-order valence-corrected chi connectivity index (χ2v) is 11.2. The maximum Gasteiger partial charge on any atom is 0.404 e. The van der Waals surface area contributed by atoms with Crippen LogP contribution in [0, 0.1) is 11.8 Å². The summed E-state index contributed by atoms with van der Waals surface area (Å²) >= 11 is 0. The van der Waals surface area contributed by atoms with Gasteiger partial charge in [0.15, 0.2) is 0 Å². The highest BCUT2D eigenvalue weighted by Gasteiger charge is 2.20. The molecule has 4 N–H and O–H groups in total. The smallest absolute Gasteiger partial charge is 0.404 e. The van der Waals surface area contributed by atoms with E-state index < -0.39 is 30.4 Å². The molecule has 0 aliphatic carbocycles. The Morgan fingerprint density at radius 3 is 2.60 bits per heavy atom. The lowest BCUT2D eigenvalue weighted by Gasteiger charge is -2.22. The third-order valence-electron chi connectivity index (χ3n) is 6.64. The molecule has 8 heteroatoms. The summed E-state index contributed by atoms with van der Waals surface area (Å²) in [5.41, 5.74) is 8.17. The number of aliphatic hydroxyl groups is 1. The van der Waals surface area contributed by atoms with E-state index in [-0.39, 0.29) is 17.7 Å². The van der Waals surface area contributed by atoms with E-state index in [0.717, 1.165) is 16.7 Å². The molecule has 0 radical (unpaired) electrons. The molecule has 0 spiro atoms. The van der Waals surface area contributed by atoms with Crippen LogP contribution < -0.4 is 11.1 Å². The van der Waals surface area contributed by atoms with Gasteiger partial charge in [-0.1, -0.05) is 73.1 Å². The predicted molar refractivity (Wildman–Crippen MR) is 168 cm³/mol. The Bertz CT molecular complexity index is 1090. The zero-order chi connectivity index (χ0) is 31.5. The van der Waals surface area contributed by atoms with E-state index in [1.165, 1.54) is 12.2 Å². The highest BCUT2D eigenvalue weighted by atomic mass is 16.6. The lowest BCUT2D eigenvalue weighted by atomic mass is 9.95. The number of aliphatic hydroxyl groups excluding tert-OH is 1. The van der Waals surface area contributed by atoms with E-state index in [9.17, 15) is 19.5 Å². The third kappa shape index (κ3) is 17.2. The van der Waals surface area contributed by atoms with Gasteiger partial charge in [-0.2, -0.15) is 0 Å². The van der Waals surface area contributed by atoms with Crippen LogP contribution in [0.15, 0.2) is 83.7 Å². The second-order valence-electron chi connectivity index (χ2n) is 11.2. The summed E-state index contributed by atoms with van der Waals surface area (Å²) in [6.45, 7) is 11.6. The standard InChI is InChI=1S/C34H50N2O6/c1-24(2)21-32(38)36-20-19-26(4)22-28(6)31-23-25(3)13-9-7-11-15-30(42-34(35)40)27(5)17-18-29(37)14-10-8-12-16-33(39)41-31/h7,9,12-13,16-22,27-31,37H,8,10-11,14-15,23H2,1-6H3,(H2,35,40)(H,36,38)/b9-7+,16-12+,18-17+,20-19+,25-13+,26-22+. The molecule has 0 aromatic carbocycles. The van der Waals surface area contributed by atoms with Gasteiger partial charge in [0.05, 0.1) is 6.10 Å². The van der Waals surface area contributed by atoms with Crippen molar-refractivity contribution in [3.8, 4) is 0 Å². The minimum Gasteiger partial charge on any atom is -0.458 e. The van der Waals surface area contributed by atoms with Crippen LogP contribution in [0.2, 0.25) is 0 Å². The molecule has 0 saturated carbocycles. The molecule has 8 nitrogen and oxygen atoms in total. The molecule has 0 aromatic heterocycles. The Hall–Kier alpha value is -3.65. The topological polar surface area (TPSA) is 128 Å². The second kappa shape index (κ2) is 20.3. The summed E-state index contributed by atoms with van der Waals surface area (Å²) in [5, 5.41) is 13.0. The van der Waals surface area contributed by atoms with E-state index >= 15 is 0 Å². The fourth-order valence-corrected chi connectivity index (χ4v) is 4.36. The van der Waals surface area contributed by atoms with Crippen molar-refractivity contribution >= 4 is 18.0 Å². The lowest BCUT2D eigenvalue weighted by Crippen LogP contribution is -2.27. The first kappa shape index (κ1) is 36.4. The first-order chi connectivity index (χ1) is 19.9. The van der Waals surface area contributed by atoms with Crippen LogP contribution in [0.3, 0.4) is 0 Å². The molecule has 1 aliphatic heterocycles. The number of primary amides is 1. The molecular weight excluding hydrogens is 532 g/mol. The van der Waals surface area contributed by atoms with Crippen molar-refractivity contribution < 1.29 is 29.0 Å². The number of rotatable bonds is 6. The van der Waals surface area contributed by atoms with Crippen molar-refractivity contribution in [2.24, 2.45) is 17.6 Å². The van der Waals surface area contributed by atoms with Gasteiger partial charge in [-0.3, -0.25) is 4.79 Å². The number of carbonyl (C=O) groups excluding carboxylic acids is 3. The van der Waals surface area contributed by atoms with Gasteiger partial charge in [0.2, 0.25) is 5.91 Å². The number of carbonyl (C=O) groups is 3. The zero-order valence-corrected chi connectivity index (χ0v) is 26.0. The van der Waals surface area contributed by atoms with Gasteiger partial charge in [-0.25, -0.2) is 9.59 Å². The van der Waals surface area contributed by atoms with Crippen molar-refractivity contribution in [3.63, 3.8) is 0 Å². The number of nitrogens with one attached hydrogen (secondary N) is 1. The molecule has 5 atom stereocenters. The predicted octanol–water partition coefficient (Wildman–Crippen LogP) is 6.51. The first-order valence-corrected chi connectivity index (χ1v) is 14.7. The lowest BCUT2D eigenvalue weighted by molar-refractivity contribution is -0.144. The summed E-state index contributed by atoms with van der Waals surface area (Å²) in [7, 11) is 0. The Morgan fingerprint density at radius 1 is 1.17 bits per heavy atom. The fraction of sp³-hybridized carbons (Fsp3) is 0.500. The Labute approximate surface area is 251 Å². The molecule has 0 saturated heterocycles. The number of amides is 2. The molecule has 42 heavy (non-hydrogen) atoms. The van der Waals surface area contributed by atoms with Gasteiger partial charge in [0.1, 0.15) is 12.2 Å². The molecule has 2 amide bonds. The van der Waals surface area contributed by atoms with E-state index in [4.69, 9.17) is 15.2 Å². The maximum absolute atomic E-state index is 12.7. The summed E-state index contributed by atoms with van der Waals surface area (Å²) in [6.07, 6.45) is 21.0. The quantitative estimate of drug-likeness (QED) is 0.142. The molecule has 1 aliphatic rings. The van der Waals surface area contributed by atoms with Crippen LogP contribution in [0.5, 0.6) is 0 Å². The zero-order valence-electron chi connectivity index (χ0n) is 26.0. The van der Waals surface area contributed by atoms with E-state index in [0.29, 0.717) is 38.5 Å². The van der Waals surface area contributed by atoms with Crippen LogP contribution in [-0.4, -0.2) is 41.4 Å². The highest BCUT2D eigenvalue weighted by Crippen LogP contribution is 2.21. The van der Waals surface area contributed by atoms with Crippen LogP contribution >= 0.6 is 0 Å². The number of hydrogen-bond acceptors (Lipinski definition) is 6. The summed E-state index contributed by atoms with van der Waals surface area (Å²) < 4.78 is 11.2. The van der Waals surface area contributed by atoms with E-state index in [2.05, 4.69) is 5.32 Å². The molecular formula is C34H50N2O6. The molecule has 0 bridgehead atoms. The molecule has 232 valence electrons. The maximum atomic E-state index is 12.7. The van der Waals surface area contributed by atoms with Crippen molar-refractivity contribution in [1.82, 2.24) is 5.32 Å². The Balaban J connectivity index is 3.09. The normalized spacial score (nSPS) is 27.8. The minimum atomic E-state index is -0.815. The van der Waals surface area contributed by atoms with Gasteiger partial charge in [0, 0.05) is 36.6 Å². The monoisotopic (exact) mass is 582 g/mol. The van der Waals surface area contributed by atoms with Gasteiger partial charge in [0.25, 0.3) is 0 Å². The number of hydrogen-bond donors (Lipinski definition) is 3. The van der Waals surface area contributed by atoms with Crippen LogP contribution in [0.25, 0.3) is 0 Å². The van der Waals surface area contributed by atoms with Crippen molar-refractivity contribution in [2.45, 2.75) is 98.4 Å². The SMILES string of the molecule is CC(C)=CC(=O)N/C=C/C(C)=C/C(C)C1C/C(C)=C/C=C/CCC(OC(N)=O)C(C)/C=C/C(O)CCC/C=C/C(=O)O1. The number of esters is 1. The summed E-state index contributed by atoms with van der Waals surface area (Å²) in [5.74, 6) is -0.802. The number of cyclic esters (lactones) is 1. The van der Waals surface area contributed by atoms with Gasteiger partial charge < -0.3 is 25.6 Å². The van der Waals surface area contributed by atoms with Crippen molar-refractivity contribution in [2.75, 3.05) is 0 Å². The van der Waals surface area contributed by atoms with Crippen molar-refractivity contribution in [3.05, 3.63) is 83.7 Å². The van der Waals surface area contributed by atoms with Crippen LogP contribution in [0.4, 0.5) is 4.79 Å². The molecule has 5 unspecified atom stereocenters. The van der Waals surface area contributed by atoms with Gasteiger partial charge in [-0.05, 0) is 65.9 Å². The fourth-order valence-electron chi connectivity index (χ4n) is 4.36. The molecule has 1 heterocycles. The summed E-state index contributed by atoms with van der Waals surface area (Å²) in [6, 6.07) is 0. The molecule has 1 rings (SSSR count). The average Bonchev–Trinajstić information content (AvgIpc) is 2.89. The Morgan fingerprint density at radius 2 is 1.90 bits per heavy atom. The minimum absolute atomic E-state index is 0.0965. The van der Waals surface area contributed by atoms with E-state index in [1.54, 1.807) is 18.4 Å². The Kier molecular flexibility index (Phi) is 17.6. The number of ether oxygens (including phenoxy) is 2. The highest BCUT2D eigenvalue weighted by molar-refractivity contribution is 5.88. The van der Waals surface area contributed by atoms with E-state index in [1.807, 2.05) is 78.0 Å². The van der Waals surface area contributed by atoms with Crippen LogP contribution in [0.1, 0.15) is 80.1 Å². The molecule has 0 aromatic rings. The number of allylic oxidation sites excluding steroid dienone is 7. The van der Waals surface area contributed by atoms with Gasteiger partial charge >= 0.3 is 12.1 Å². The number of nitrogens with two attached hydrogens (primary N) is 1. The van der Waals surface area contributed by atoms with Crippen LogP contribution in [-0.2, 0) is 19.1 Å². The summed E-state index contributed by atoms with van der Waals surface area (Å²) in [4.78, 5) is 35.9. The first-order valence-electron chi connectivity index (χ1n) is 14.7. The average molecular weight is 583 g/mol. The van der Waals surface area contributed by atoms with Gasteiger partial charge in [-0.15, -0.1) is 0 Å². The molecule has 0 fully saturated rings.